The van der Waals surface area contributed by atoms with E-state index in [0.29, 0.717) is 12.4 Å². The summed E-state index contributed by atoms with van der Waals surface area (Å²) in [4.78, 5) is 8.37. The molecule has 0 aliphatic heterocycles. The van der Waals surface area contributed by atoms with Gasteiger partial charge in [-0.25, -0.2) is 9.97 Å². The molecule has 0 fully saturated rings. The van der Waals surface area contributed by atoms with Gasteiger partial charge in [0.1, 0.15) is 17.9 Å². The second kappa shape index (κ2) is 5.49. The highest BCUT2D eigenvalue weighted by molar-refractivity contribution is 5.68. The van der Waals surface area contributed by atoms with Crippen LogP contribution < -0.4 is 10.5 Å². The number of nitrogens with zero attached hydrogens (tertiary/aromatic N) is 2. The lowest BCUT2D eigenvalue weighted by Gasteiger charge is -2.10. The van der Waals surface area contributed by atoms with Crippen LogP contribution in [-0.4, -0.2) is 16.6 Å². The van der Waals surface area contributed by atoms with Crippen LogP contribution in [0.15, 0.2) is 30.6 Å². The molecule has 0 atom stereocenters. The van der Waals surface area contributed by atoms with Crippen molar-refractivity contribution < 1.29 is 4.74 Å². The maximum atomic E-state index is 5.88. The first kappa shape index (κ1) is 12.4. The Balaban J connectivity index is 2.48. The van der Waals surface area contributed by atoms with Crippen LogP contribution in [0.3, 0.4) is 0 Å². The zero-order chi connectivity index (χ0) is 13.0. The molecule has 1 aromatic heterocycles. The fourth-order valence-electron chi connectivity index (χ4n) is 1.92. The van der Waals surface area contributed by atoms with Gasteiger partial charge in [0.15, 0.2) is 0 Å². The molecule has 1 aromatic carbocycles. The minimum absolute atomic E-state index is 0.546. The number of rotatable bonds is 4. The molecule has 94 valence electrons. The summed E-state index contributed by atoms with van der Waals surface area (Å²) in [6.07, 6.45) is 2.30. The van der Waals surface area contributed by atoms with Gasteiger partial charge >= 0.3 is 0 Å². The molecule has 0 bridgehead atoms. The van der Waals surface area contributed by atoms with Crippen molar-refractivity contribution in [1.82, 2.24) is 9.97 Å². The third-order valence-electron chi connectivity index (χ3n) is 2.75. The minimum atomic E-state index is 0.546. The van der Waals surface area contributed by atoms with E-state index in [1.807, 2.05) is 38.1 Å². The van der Waals surface area contributed by atoms with Crippen molar-refractivity contribution in [3.8, 4) is 17.0 Å². The third-order valence-corrected chi connectivity index (χ3v) is 2.75. The first-order valence-electron chi connectivity index (χ1n) is 6.08. The number of nitrogens with two attached hydrogens (primary N) is 1. The van der Waals surface area contributed by atoms with Gasteiger partial charge in [-0.15, -0.1) is 0 Å². The van der Waals surface area contributed by atoms with Crippen LogP contribution >= 0.6 is 0 Å². The lowest BCUT2D eigenvalue weighted by molar-refractivity contribution is 0.340. The topological polar surface area (TPSA) is 61.0 Å². The summed E-state index contributed by atoms with van der Waals surface area (Å²) in [6.45, 7) is 4.66. The second-order valence-electron chi connectivity index (χ2n) is 3.90. The molecule has 18 heavy (non-hydrogen) atoms. The Bertz CT molecular complexity index is 540. The largest absolute Gasteiger partial charge is 0.494 e. The predicted molar refractivity (Wildman–Crippen MR) is 72.4 cm³/mol. The zero-order valence-corrected chi connectivity index (χ0v) is 10.7. The molecule has 0 unspecified atom stereocenters. The van der Waals surface area contributed by atoms with Crippen LogP contribution in [0.4, 0.5) is 5.82 Å². The molecule has 0 aliphatic carbocycles. The highest BCUT2D eigenvalue weighted by atomic mass is 16.5. The highest BCUT2D eigenvalue weighted by Crippen LogP contribution is 2.27. The maximum absolute atomic E-state index is 5.88. The number of benzene rings is 1. The van der Waals surface area contributed by atoms with Crippen molar-refractivity contribution in [3.05, 3.63) is 36.2 Å². The van der Waals surface area contributed by atoms with Crippen molar-refractivity contribution in [2.45, 2.75) is 20.3 Å². The molecule has 2 aromatic rings. The van der Waals surface area contributed by atoms with Gasteiger partial charge in [-0.2, -0.15) is 0 Å². The summed E-state index contributed by atoms with van der Waals surface area (Å²) in [5.74, 6) is 1.39. The zero-order valence-electron chi connectivity index (χ0n) is 10.7. The van der Waals surface area contributed by atoms with Crippen molar-refractivity contribution in [2.75, 3.05) is 12.3 Å². The Labute approximate surface area is 107 Å². The van der Waals surface area contributed by atoms with Crippen molar-refractivity contribution >= 4 is 5.82 Å². The third kappa shape index (κ3) is 2.42. The van der Waals surface area contributed by atoms with E-state index in [4.69, 9.17) is 10.5 Å². The molecule has 2 rings (SSSR count). The van der Waals surface area contributed by atoms with E-state index in [1.54, 1.807) is 0 Å². The molecule has 0 saturated carbocycles. The number of aromatic nitrogens is 2. The SMILES string of the molecule is CCOc1cccc(-c2ncnc(N)c2CC)c1. The van der Waals surface area contributed by atoms with E-state index in [2.05, 4.69) is 9.97 Å². The average molecular weight is 243 g/mol. The Morgan fingerprint density at radius 2 is 2.06 bits per heavy atom. The van der Waals surface area contributed by atoms with Crippen molar-refractivity contribution in [1.29, 1.82) is 0 Å². The Morgan fingerprint density at radius 3 is 2.78 bits per heavy atom. The van der Waals surface area contributed by atoms with Crippen molar-refractivity contribution in [2.24, 2.45) is 0 Å². The van der Waals surface area contributed by atoms with Crippen LogP contribution in [0.5, 0.6) is 5.75 Å². The lowest BCUT2D eigenvalue weighted by Crippen LogP contribution is -2.01. The van der Waals surface area contributed by atoms with E-state index in [1.165, 1.54) is 6.33 Å². The Morgan fingerprint density at radius 1 is 1.22 bits per heavy atom. The predicted octanol–water partition coefficient (Wildman–Crippen LogP) is 2.69. The summed E-state index contributed by atoms with van der Waals surface area (Å²) >= 11 is 0. The smallest absolute Gasteiger partial charge is 0.130 e. The van der Waals surface area contributed by atoms with Gasteiger partial charge in [0.25, 0.3) is 0 Å². The molecular weight excluding hydrogens is 226 g/mol. The molecule has 0 aliphatic rings. The van der Waals surface area contributed by atoms with E-state index >= 15 is 0 Å². The number of ether oxygens (including phenoxy) is 1. The molecule has 0 spiro atoms. The molecule has 0 radical (unpaired) electrons. The van der Waals surface area contributed by atoms with E-state index in [9.17, 15) is 0 Å². The van der Waals surface area contributed by atoms with Crippen LogP contribution in [0.2, 0.25) is 0 Å². The number of hydrogen-bond donors (Lipinski definition) is 1. The maximum Gasteiger partial charge on any atom is 0.130 e. The summed E-state index contributed by atoms with van der Waals surface area (Å²) in [5.41, 5.74) is 8.75. The molecular formula is C14H17N3O. The molecule has 0 amide bonds. The normalized spacial score (nSPS) is 10.3. The fourth-order valence-corrected chi connectivity index (χ4v) is 1.92. The molecule has 2 N–H and O–H groups in total. The van der Waals surface area contributed by atoms with Crippen LogP contribution in [0.25, 0.3) is 11.3 Å². The van der Waals surface area contributed by atoms with E-state index in [-0.39, 0.29) is 0 Å². The fraction of sp³-hybridized carbons (Fsp3) is 0.286. The summed E-state index contributed by atoms with van der Waals surface area (Å²) in [7, 11) is 0. The van der Waals surface area contributed by atoms with Crippen LogP contribution in [0.1, 0.15) is 19.4 Å². The highest BCUT2D eigenvalue weighted by Gasteiger charge is 2.10. The van der Waals surface area contributed by atoms with Crippen LogP contribution in [-0.2, 0) is 6.42 Å². The van der Waals surface area contributed by atoms with Gasteiger partial charge in [-0.1, -0.05) is 19.1 Å². The minimum Gasteiger partial charge on any atom is -0.494 e. The average Bonchev–Trinajstić information content (AvgIpc) is 2.39. The van der Waals surface area contributed by atoms with Gasteiger partial charge in [0, 0.05) is 11.1 Å². The van der Waals surface area contributed by atoms with Gasteiger partial charge in [-0.05, 0) is 25.5 Å². The van der Waals surface area contributed by atoms with Gasteiger partial charge < -0.3 is 10.5 Å². The first-order chi connectivity index (χ1) is 8.76. The van der Waals surface area contributed by atoms with Crippen molar-refractivity contribution in [3.63, 3.8) is 0 Å². The monoisotopic (exact) mass is 243 g/mol. The standard InChI is InChI=1S/C14H17N3O/c1-3-12-13(16-9-17-14(12)15)10-6-5-7-11(8-10)18-4-2/h5-9H,3-4H2,1-2H3,(H2,15,16,17). The number of hydrogen-bond acceptors (Lipinski definition) is 4. The quantitative estimate of drug-likeness (QED) is 0.896. The molecule has 0 saturated heterocycles. The molecule has 4 heteroatoms. The molecule has 4 nitrogen and oxygen atoms in total. The van der Waals surface area contributed by atoms with Gasteiger partial charge in [0.05, 0.1) is 12.3 Å². The molecule has 1 heterocycles. The first-order valence-corrected chi connectivity index (χ1v) is 6.08. The van der Waals surface area contributed by atoms with Gasteiger partial charge in [-0.3, -0.25) is 0 Å². The lowest BCUT2D eigenvalue weighted by atomic mass is 10.0. The van der Waals surface area contributed by atoms with Gasteiger partial charge in [0.2, 0.25) is 0 Å². The number of anilines is 1. The Hall–Kier alpha value is -2.10. The van der Waals surface area contributed by atoms with E-state index < -0.39 is 0 Å². The summed E-state index contributed by atoms with van der Waals surface area (Å²) < 4.78 is 5.50. The summed E-state index contributed by atoms with van der Waals surface area (Å²) in [5, 5.41) is 0. The Kier molecular flexibility index (Phi) is 3.77. The van der Waals surface area contributed by atoms with Crippen LogP contribution in [0, 0.1) is 0 Å². The van der Waals surface area contributed by atoms with E-state index in [0.717, 1.165) is 29.0 Å². The number of nitrogen functional groups attached to an aromatic ring is 1. The summed E-state index contributed by atoms with van der Waals surface area (Å²) in [6, 6.07) is 7.87. The second-order valence-corrected chi connectivity index (χ2v) is 3.90.